The molecule has 3 rings (SSSR count). The van der Waals surface area contributed by atoms with Crippen LogP contribution in [0.2, 0.25) is 0 Å². The van der Waals surface area contributed by atoms with Crippen LogP contribution in [0.3, 0.4) is 0 Å². The molecule has 1 aliphatic heterocycles. The first-order valence-electron chi connectivity index (χ1n) is 11.8. The van der Waals surface area contributed by atoms with Gasteiger partial charge in [0.25, 0.3) is 0 Å². The largest absolute Gasteiger partial charge is 0.465 e. The predicted molar refractivity (Wildman–Crippen MR) is 130 cm³/mol. The van der Waals surface area contributed by atoms with E-state index in [9.17, 15) is 19.2 Å². The van der Waals surface area contributed by atoms with Crippen molar-refractivity contribution in [3.8, 4) is 0 Å². The lowest BCUT2D eigenvalue weighted by molar-refractivity contribution is -0.131. The predicted octanol–water partition coefficient (Wildman–Crippen LogP) is 2.35. The molecule has 2 atom stereocenters. The van der Waals surface area contributed by atoms with Gasteiger partial charge in [-0.25, -0.2) is 9.59 Å². The molecule has 0 saturated carbocycles. The van der Waals surface area contributed by atoms with E-state index < -0.39 is 0 Å². The van der Waals surface area contributed by atoms with Crippen molar-refractivity contribution in [2.75, 3.05) is 33.9 Å². The van der Waals surface area contributed by atoms with Gasteiger partial charge in [0.05, 0.1) is 31.3 Å². The van der Waals surface area contributed by atoms with Crippen molar-refractivity contribution in [2.45, 2.75) is 25.7 Å². The summed E-state index contributed by atoms with van der Waals surface area (Å²) in [4.78, 5) is 48.6. The lowest BCUT2D eigenvalue weighted by Gasteiger charge is -2.17. The summed E-state index contributed by atoms with van der Waals surface area (Å²) in [5, 5.41) is 6.12. The second-order valence-corrected chi connectivity index (χ2v) is 8.61. The molecular formula is C27H32N2O6. The van der Waals surface area contributed by atoms with E-state index in [2.05, 4.69) is 10.6 Å². The molecule has 0 bridgehead atoms. The Balaban J connectivity index is 1.42. The van der Waals surface area contributed by atoms with Gasteiger partial charge < -0.3 is 20.1 Å². The number of hydrogen-bond donors (Lipinski definition) is 2. The maximum atomic E-state index is 12.8. The van der Waals surface area contributed by atoms with Crippen molar-refractivity contribution in [2.24, 2.45) is 11.8 Å². The highest BCUT2D eigenvalue weighted by molar-refractivity contribution is 5.90. The van der Waals surface area contributed by atoms with E-state index in [1.165, 1.54) is 14.2 Å². The smallest absolute Gasteiger partial charge is 0.337 e. The zero-order chi connectivity index (χ0) is 25.2. The quantitative estimate of drug-likeness (QED) is 0.475. The summed E-state index contributed by atoms with van der Waals surface area (Å²) in [5.74, 6) is -1.47. The number of nitrogens with one attached hydrogen (secondary N) is 2. The molecule has 186 valence electrons. The molecule has 35 heavy (non-hydrogen) atoms. The number of carbonyl (C=O) groups is 4. The van der Waals surface area contributed by atoms with Gasteiger partial charge in [-0.2, -0.15) is 0 Å². The molecule has 2 aromatic carbocycles. The van der Waals surface area contributed by atoms with Gasteiger partial charge in [0, 0.05) is 32.0 Å². The van der Waals surface area contributed by atoms with E-state index in [-0.39, 0.29) is 35.5 Å². The molecule has 0 aromatic heterocycles. The lowest BCUT2D eigenvalue weighted by Crippen LogP contribution is -2.38. The molecular weight excluding hydrogens is 448 g/mol. The molecule has 1 aliphatic rings. The fourth-order valence-corrected chi connectivity index (χ4v) is 4.26. The molecule has 1 fully saturated rings. The number of aryl methyl sites for hydroxylation is 1. The summed E-state index contributed by atoms with van der Waals surface area (Å²) >= 11 is 0. The standard InChI is InChI=1S/C27H32N2O6/c1-34-26(32)20-10-6-18(7-11-20)4-3-5-24(30)22-16-28-17-23(22)25(31)29-15-14-19-8-12-21(13-9-19)27(33)35-2/h6-13,22-23,28H,3-5,14-17H2,1-2H3,(H,29,31)/t22-,23-/m1/s1. The van der Waals surface area contributed by atoms with Crippen molar-refractivity contribution in [1.82, 2.24) is 10.6 Å². The topological polar surface area (TPSA) is 111 Å². The SMILES string of the molecule is COC(=O)c1ccc(CCCC(=O)[C@@H]2CNC[C@H]2C(=O)NCCc2ccc(C(=O)OC)cc2)cc1. The molecule has 8 heteroatoms. The van der Waals surface area contributed by atoms with Gasteiger partial charge in [0.1, 0.15) is 5.78 Å². The van der Waals surface area contributed by atoms with Crippen molar-refractivity contribution in [3.05, 3.63) is 70.8 Å². The zero-order valence-corrected chi connectivity index (χ0v) is 20.2. The second kappa shape index (κ2) is 12.8. The molecule has 1 heterocycles. The van der Waals surface area contributed by atoms with Gasteiger partial charge in [0.15, 0.2) is 0 Å². The Morgan fingerprint density at radius 3 is 1.86 bits per heavy atom. The van der Waals surface area contributed by atoms with E-state index in [1.54, 1.807) is 24.3 Å². The Labute approximate surface area is 205 Å². The van der Waals surface area contributed by atoms with Crippen LogP contribution in [0, 0.1) is 11.8 Å². The first-order valence-corrected chi connectivity index (χ1v) is 11.8. The Bertz CT molecular complexity index is 949. The fraction of sp³-hybridized carbons (Fsp3) is 0.407. The third kappa shape index (κ3) is 7.23. The number of rotatable bonds is 11. The van der Waals surface area contributed by atoms with E-state index >= 15 is 0 Å². The minimum atomic E-state index is -0.384. The van der Waals surface area contributed by atoms with Crippen molar-refractivity contribution in [3.63, 3.8) is 0 Å². The van der Waals surface area contributed by atoms with Crippen LogP contribution in [-0.4, -0.2) is 57.5 Å². The molecule has 2 aromatic rings. The average molecular weight is 481 g/mol. The van der Waals surface area contributed by atoms with Crippen LogP contribution in [-0.2, 0) is 31.9 Å². The number of amides is 1. The lowest BCUT2D eigenvalue weighted by atomic mass is 9.88. The highest BCUT2D eigenvalue weighted by Crippen LogP contribution is 2.21. The van der Waals surface area contributed by atoms with E-state index in [0.717, 1.165) is 17.5 Å². The monoisotopic (exact) mass is 480 g/mol. The van der Waals surface area contributed by atoms with Crippen LogP contribution < -0.4 is 10.6 Å². The number of carbonyl (C=O) groups excluding carboxylic acids is 4. The summed E-state index contributed by atoms with van der Waals surface area (Å²) in [6.45, 7) is 1.46. The second-order valence-electron chi connectivity index (χ2n) is 8.61. The Morgan fingerprint density at radius 1 is 0.800 bits per heavy atom. The Kier molecular flexibility index (Phi) is 9.55. The highest BCUT2D eigenvalue weighted by atomic mass is 16.5. The Morgan fingerprint density at radius 2 is 1.31 bits per heavy atom. The number of hydrogen-bond acceptors (Lipinski definition) is 7. The molecule has 2 N–H and O–H groups in total. The molecule has 0 spiro atoms. The number of benzene rings is 2. The molecule has 1 amide bonds. The van der Waals surface area contributed by atoms with Crippen molar-refractivity contribution in [1.29, 1.82) is 0 Å². The minimum Gasteiger partial charge on any atom is -0.465 e. The first-order chi connectivity index (χ1) is 16.9. The summed E-state index contributed by atoms with van der Waals surface area (Å²) < 4.78 is 9.39. The zero-order valence-electron chi connectivity index (χ0n) is 20.2. The number of ketones is 1. The van der Waals surface area contributed by atoms with Crippen LogP contribution in [0.5, 0.6) is 0 Å². The normalized spacial score (nSPS) is 17.0. The summed E-state index contributed by atoms with van der Waals surface area (Å²) in [7, 11) is 2.69. The van der Waals surface area contributed by atoms with Gasteiger partial charge >= 0.3 is 11.9 Å². The maximum Gasteiger partial charge on any atom is 0.337 e. The highest BCUT2D eigenvalue weighted by Gasteiger charge is 2.36. The molecule has 0 unspecified atom stereocenters. The Hall–Kier alpha value is -3.52. The van der Waals surface area contributed by atoms with E-state index in [4.69, 9.17) is 9.47 Å². The van der Waals surface area contributed by atoms with Crippen molar-refractivity contribution >= 4 is 23.6 Å². The van der Waals surface area contributed by atoms with E-state index in [1.807, 2.05) is 24.3 Å². The first kappa shape index (κ1) is 26.1. The van der Waals surface area contributed by atoms with Gasteiger partial charge in [-0.15, -0.1) is 0 Å². The third-order valence-corrected chi connectivity index (χ3v) is 6.32. The van der Waals surface area contributed by atoms with Crippen LogP contribution in [0.4, 0.5) is 0 Å². The maximum absolute atomic E-state index is 12.8. The number of ether oxygens (including phenoxy) is 2. The summed E-state index contributed by atoms with van der Waals surface area (Å²) in [6, 6.07) is 14.3. The van der Waals surface area contributed by atoms with Gasteiger partial charge in [0.2, 0.25) is 5.91 Å². The number of methoxy groups -OCH3 is 2. The van der Waals surface area contributed by atoms with Crippen LogP contribution in [0.1, 0.15) is 44.7 Å². The molecule has 0 radical (unpaired) electrons. The third-order valence-electron chi connectivity index (χ3n) is 6.32. The average Bonchev–Trinajstić information content (AvgIpc) is 3.39. The fourth-order valence-electron chi connectivity index (χ4n) is 4.26. The van der Waals surface area contributed by atoms with Crippen molar-refractivity contribution < 1.29 is 28.7 Å². The van der Waals surface area contributed by atoms with Crippen LogP contribution in [0.25, 0.3) is 0 Å². The molecule has 1 saturated heterocycles. The summed E-state index contributed by atoms with van der Waals surface area (Å²) in [5.41, 5.74) is 3.02. The minimum absolute atomic E-state index is 0.0970. The number of Topliss-reactive ketones (excluding diaryl/α,β-unsaturated/α-hetero) is 1. The van der Waals surface area contributed by atoms with Crippen LogP contribution >= 0.6 is 0 Å². The summed E-state index contributed by atoms with van der Waals surface area (Å²) in [6.07, 6.45) is 2.43. The number of esters is 2. The molecule has 0 aliphatic carbocycles. The van der Waals surface area contributed by atoms with Gasteiger partial charge in [-0.05, 0) is 54.7 Å². The van der Waals surface area contributed by atoms with Gasteiger partial charge in [-0.1, -0.05) is 24.3 Å². The van der Waals surface area contributed by atoms with Gasteiger partial charge in [-0.3, -0.25) is 9.59 Å². The van der Waals surface area contributed by atoms with E-state index in [0.29, 0.717) is 50.0 Å². The molecule has 8 nitrogen and oxygen atoms in total. The van der Waals surface area contributed by atoms with Crippen LogP contribution in [0.15, 0.2) is 48.5 Å².